The highest BCUT2D eigenvalue weighted by Crippen LogP contribution is 2.58. The zero-order valence-corrected chi connectivity index (χ0v) is 26.5. The Kier molecular flexibility index (Phi) is 9.70. The van der Waals surface area contributed by atoms with Crippen molar-refractivity contribution < 1.29 is 15.0 Å². The quantitative estimate of drug-likeness (QED) is 0.220. The van der Waals surface area contributed by atoms with E-state index >= 15 is 0 Å². The van der Waals surface area contributed by atoms with Crippen molar-refractivity contribution in [3.63, 3.8) is 0 Å². The largest absolute Gasteiger partial charge is 0.393 e. The van der Waals surface area contributed by atoms with Crippen LogP contribution >= 0.6 is 0 Å². The molecule has 1 saturated carbocycles. The van der Waals surface area contributed by atoms with Gasteiger partial charge in [-0.3, -0.25) is 4.79 Å². The van der Waals surface area contributed by atoms with Gasteiger partial charge in [0.15, 0.2) is 5.78 Å². The molecule has 6 rings (SSSR count). The number of carbonyl (C=O) groups excluding carboxylic acids is 1. The van der Waals surface area contributed by atoms with Gasteiger partial charge in [-0.2, -0.15) is 0 Å². The van der Waals surface area contributed by atoms with E-state index in [9.17, 15) is 15.0 Å². The fourth-order valence-corrected chi connectivity index (χ4v) is 7.80. The molecule has 228 valence electrons. The highest BCUT2D eigenvalue weighted by Gasteiger charge is 2.57. The number of fused-ring (bicyclic) bond motifs is 8. The van der Waals surface area contributed by atoms with E-state index in [2.05, 4.69) is 63.1 Å². The lowest BCUT2D eigenvalue weighted by Gasteiger charge is -2.45. The van der Waals surface area contributed by atoms with E-state index in [0.717, 1.165) is 60.9 Å². The number of likely N-dealkylation sites (N-methyl/N-ethyl adjacent to an activating group) is 1. The van der Waals surface area contributed by atoms with Crippen molar-refractivity contribution in [1.82, 2.24) is 4.90 Å². The highest BCUT2D eigenvalue weighted by molar-refractivity contribution is 6.13. The van der Waals surface area contributed by atoms with Crippen LogP contribution in [-0.4, -0.2) is 52.7 Å². The van der Waals surface area contributed by atoms with Crippen LogP contribution in [0.4, 0.5) is 0 Å². The van der Waals surface area contributed by atoms with Crippen molar-refractivity contribution in [2.24, 2.45) is 5.41 Å². The molecule has 2 N–H and O–H groups in total. The summed E-state index contributed by atoms with van der Waals surface area (Å²) >= 11 is 0. The maximum absolute atomic E-state index is 14.7. The van der Waals surface area contributed by atoms with Crippen LogP contribution in [0, 0.1) is 5.41 Å². The summed E-state index contributed by atoms with van der Waals surface area (Å²) in [6.07, 6.45) is 8.18. The predicted octanol–water partition coefficient (Wildman–Crippen LogP) is 7.96. The molecule has 0 spiro atoms. The molecular weight excluding hydrogens is 530 g/mol. The van der Waals surface area contributed by atoms with E-state index in [0.29, 0.717) is 36.9 Å². The Morgan fingerprint density at radius 1 is 0.977 bits per heavy atom. The lowest BCUT2D eigenvalue weighted by Crippen LogP contribution is -2.51. The summed E-state index contributed by atoms with van der Waals surface area (Å²) in [5.74, 6) is 0.0421. The third kappa shape index (κ3) is 6.57. The minimum absolute atomic E-state index is 0.00881. The summed E-state index contributed by atoms with van der Waals surface area (Å²) in [6.45, 7) is 8.17. The van der Waals surface area contributed by atoms with Gasteiger partial charge >= 0.3 is 0 Å². The number of aliphatic hydroxyl groups excluding tert-OH is 1. The van der Waals surface area contributed by atoms with Crippen LogP contribution in [0.2, 0.25) is 0 Å². The molecule has 2 bridgehead atoms. The summed E-state index contributed by atoms with van der Waals surface area (Å²) in [4.78, 5) is 17.0. The zero-order valence-electron chi connectivity index (χ0n) is 26.5. The van der Waals surface area contributed by atoms with Gasteiger partial charge in [0, 0.05) is 23.1 Å². The minimum Gasteiger partial charge on any atom is -0.393 e. The number of nitrogens with zero attached hydrogens (tertiary/aromatic N) is 1. The van der Waals surface area contributed by atoms with Gasteiger partial charge in [0.25, 0.3) is 0 Å². The second-order valence-electron chi connectivity index (χ2n) is 13.4. The Labute approximate surface area is 258 Å². The van der Waals surface area contributed by atoms with Crippen molar-refractivity contribution >= 4 is 5.78 Å². The third-order valence-electron chi connectivity index (χ3n) is 10.3. The molecule has 3 aliphatic carbocycles. The smallest absolute Gasteiger partial charge is 0.193 e. The van der Waals surface area contributed by atoms with Crippen LogP contribution in [0.3, 0.4) is 0 Å². The summed E-state index contributed by atoms with van der Waals surface area (Å²) in [6, 6.07) is 24.3. The molecule has 4 nitrogen and oxygen atoms in total. The molecule has 0 amide bonds. The average Bonchev–Trinajstić information content (AvgIpc) is 3.25. The van der Waals surface area contributed by atoms with Crippen LogP contribution in [0.25, 0.3) is 11.1 Å². The first kappa shape index (κ1) is 31.4. The number of hydrogen-bond donors (Lipinski definition) is 2. The fraction of sp³-hybridized carbons (Fsp3) is 0.462. The van der Waals surface area contributed by atoms with E-state index in [1.165, 1.54) is 5.57 Å². The molecule has 43 heavy (non-hydrogen) atoms. The topological polar surface area (TPSA) is 60.8 Å². The first-order valence-corrected chi connectivity index (χ1v) is 16.2. The molecule has 0 saturated heterocycles. The van der Waals surface area contributed by atoms with Crippen LogP contribution in [-0.2, 0) is 6.42 Å². The molecule has 4 unspecified atom stereocenters. The minimum atomic E-state index is -0.864. The number of allylic oxidation sites excluding steroid dienone is 2. The second-order valence-corrected chi connectivity index (χ2v) is 13.4. The third-order valence-corrected chi connectivity index (χ3v) is 10.3. The van der Waals surface area contributed by atoms with Gasteiger partial charge < -0.3 is 15.1 Å². The monoisotopic (exact) mass is 579 g/mol. The number of carbonyl (C=O) groups is 1. The van der Waals surface area contributed by atoms with Crippen molar-refractivity contribution in [3.05, 3.63) is 107 Å². The molecule has 0 heterocycles. The zero-order chi connectivity index (χ0) is 30.6. The number of rotatable bonds is 7. The molecule has 0 aliphatic heterocycles. The lowest BCUT2D eigenvalue weighted by atomic mass is 9.64. The number of benzene rings is 3. The summed E-state index contributed by atoms with van der Waals surface area (Å²) in [7, 11) is 2.11. The van der Waals surface area contributed by atoms with Crippen LogP contribution in [0.15, 0.2) is 84.4 Å². The Balaban J connectivity index is 1.65. The Morgan fingerprint density at radius 3 is 2.49 bits per heavy atom. The van der Waals surface area contributed by atoms with E-state index in [1.54, 1.807) is 0 Å². The van der Waals surface area contributed by atoms with Crippen molar-refractivity contribution in [2.75, 3.05) is 20.1 Å². The van der Waals surface area contributed by atoms with Crippen LogP contribution < -0.4 is 0 Å². The van der Waals surface area contributed by atoms with E-state index in [-0.39, 0.29) is 11.7 Å². The first-order valence-electron chi connectivity index (χ1n) is 16.2. The molecule has 1 fully saturated rings. The molecular formula is C39H49NO3. The average molecular weight is 580 g/mol. The van der Waals surface area contributed by atoms with Gasteiger partial charge in [-0.1, -0.05) is 92.2 Å². The lowest BCUT2D eigenvalue weighted by molar-refractivity contribution is -0.0799. The number of hydrogen-bond acceptors (Lipinski definition) is 4. The molecule has 3 aromatic rings. The summed E-state index contributed by atoms with van der Waals surface area (Å²) in [5.41, 5.74) is 5.36. The van der Waals surface area contributed by atoms with Crippen molar-refractivity contribution in [3.8, 4) is 11.1 Å². The van der Waals surface area contributed by atoms with Crippen molar-refractivity contribution in [2.45, 2.75) is 89.8 Å². The highest BCUT2D eigenvalue weighted by atomic mass is 16.3. The Morgan fingerprint density at radius 2 is 1.72 bits per heavy atom. The molecule has 4 atom stereocenters. The summed E-state index contributed by atoms with van der Waals surface area (Å²) in [5, 5.41) is 23.4. The van der Waals surface area contributed by atoms with Gasteiger partial charge in [-0.15, -0.1) is 0 Å². The molecule has 0 radical (unpaired) electrons. The van der Waals surface area contributed by atoms with E-state index in [4.69, 9.17) is 0 Å². The van der Waals surface area contributed by atoms with Gasteiger partial charge in [-0.05, 0) is 106 Å². The SMILES string of the molecule is CCCN(C)CC1(O)CCC2c3ccc(cc3C(=O)c3ccccc3-c3ccccc3)CC(O)CCC(C)=CCCC21C. The normalized spacial score (nSPS) is 26.2. The first-order chi connectivity index (χ1) is 20.6. The van der Waals surface area contributed by atoms with Crippen molar-refractivity contribution in [1.29, 1.82) is 0 Å². The standard InChI is InChI=1S/C39H49NO3/c1-5-24-40(4)27-39(43)23-21-36-33-20-18-29(25-31(41)19-17-28(2)12-11-22-38(36,39)3)26-35(33)37(42)34-16-10-9-15-32(34)30-13-7-6-8-14-30/h6-10,12-16,18,20,26,31,36,41,43H,5,11,17,19,21-25,27H2,1-4H3. The van der Waals surface area contributed by atoms with Crippen LogP contribution in [0.1, 0.15) is 98.7 Å². The van der Waals surface area contributed by atoms with Gasteiger partial charge in [0.1, 0.15) is 0 Å². The van der Waals surface area contributed by atoms with Crippen LogP contribution in [0.5, 0.6) is 0 Å². The Hall–Kier alpha value is -3.05. The number of ketones is 1. The number of aliphatic hydroxyl groups is 2. The second kappa shape index (κ2) is 13.3. The molecule has 4 heteroatoms. The summed E-state index contributed by atoms with van der Waals surface area (Å²) < 4.78 is 0. The van der Waals surface area contributed by atoms with Gasteiger partial charge in [0.05, 0.1) is 11.7 Å². The molecule has 3 aliphatic rings. The predicted molar refractivity (Wildman–Crippen MR) is 177 cm³/mol. The maximum atomic E-state index is 14.7. The van der Waals surface area contributed by atoms with Gasteiger partial charge in [0.2, 0.25) is 0 Å². The maximum Gasteiger partial charge on any atom is 0.193 e. The Bertz CT molecular complexity index is 1450. The van der Waals surface area contributed by atoms with Gasteiger partial charge in [-0.25, -0.2) is 0 Å². The molecule has 3 aromatic carbocycles. The molecule has 0 aromatic heterocycles. The fourth-order valence-electron chi connectivity index (χ4n) is 7.80. The van der Waals surface area contributed by atoms with E-state index in [1.807, 2.05) is 48.5 Å². The van der Waals surface area contributed by atoms with E-state index < -0.39 is 17.1 Å².